The van der Waals surface area contributed by atoms with Crippen LogP contribution >= 0.6 is 0 Å². The van der Waals surface area contributed by atoms with Gasteiger partial charge in [-0.25, -0.2) is 0 Å². The van der Waals surface area contributed by atoms with Gasteiger partial charge in [0.2, 0.25) is 0 Å². The molecular formula is C12H26N. The molecule has 0 aliphatic carbocycles. The van der Waals surface area contributed by atoms with Crippen molar-refractivity contribution in [2.45, 2.75) is 51.4 Å². The minimum absolute atomic E-state index is 1.11. The van der Waals surface area contributed by atoms with Gasteiger partial charge in [0.1, 0.15) is 0 Å². The summed E-state index contributed by atoms with van der Waals surface area (Å²) in [6.07, 6.45) is 10.8. The van der Waals surface area contributed by atoms with Gasteiger partial charge in [-0.05, 0) is 27.1 Å². The van der Waals surface area contributed by atoms with Gasteiger partial charge in [0.25, 0.3) is 0 Å². The molecule has 0 saturated heterocycles. The number of rotatable bonds is 9. The molecule has 1 radical (unpaired) electrons. The largest absolute Gasteiger partial charge is 0.309 e. The topological polar surface area (TPSA) is 3.24 Å². The lowest BCUT2D eigenvalue weighted by atomic mass is 10.1. The van der Waals surface area contributed by atoms with Gasteiger partial charge < -0.3 is 4.90 Å². The second-order valence-corrected chi connectivity index (χ2v) is 4.13. The SMILES string of the molecule is [CH2]CCCCCCCCCN(C)C. The van der Waals surface area contributed by atoms with Crippen LogP contribution in [0.4, 0.5) is 0 Å². The van der Waals surface area contributed by atoms with Crippen molar-refractivity contribution in [3.8, 4) is 0 Å². The van der Waals surface area contributed by atoms with Crippen LogP contribution in [-0.2, 0) is 0 Å². The standard InChI is InChI=1S/C12H26N/c1-4-5-6-7-8-9-10-11-12-13(2)3/h1,4-12H2,2-3H3. The van der Waals surface area contributed by atoms with E-state index in [4.69, 9.17) is 0 Å². The van der Waals surface area contributed by atoms with Crippen LogP contribution in [0.15, 0.2) is 0 Å². The maximum Gasteiger partial charge on any atom is -0.00248 e. The van der Waals surface area contributed by atoms with E-state index in [-0.39, 0.29) is 0 Å². The summed E-state index contributed by atoms with van der Waals surface area (Å²) in [5, 5.41) is 0. The Morgan fingerprint density at radius 3 is 1.69 bits per heavy atom. The predicted molar refractivity (Wildman–Crippen MR) is 60.8 cm³/mol. The maximum absolute atomic E-state index is 3.85. The first-order valence-corrected chi connectivity index (χ1v) is 5.71. The van der Waals surface area contributed by atoms with Crippen molar-refractivity contribution < 1.29 is 0 Å². The molecule has 13 heavy (non-hydrogen) atoms. The molecule has 0 bridgehead atoms. The molecule has 0 aliphatic heterocycles. The summed E-state index contributed by atoms with van der Waals surface area (Å²) < 4.78 is 0. The van der Waals surface area contributed by atoms with Crippen LogP contribution in [0.25, 0.3) is 0 Å². The molecular weight excluding hydrogens is 158 g/mol. The summed E-state index contributed by atoms with van der Waals surface area (Å²) in [5.74, 6) is 0. The van der Waals surface area contributed by atoms with E-state index in [0.29, 0.717) is 0 Å². The summed E-state index contributed by atoms with van der Waals surface area (Å²) in [6, 6.07) is 0. The van der Waals surface area contributed by atoms with Gasteiger partial charge in [0, 0.05) is 0 Å². The van der Waals surface area contributed by atoms with Crippen LogP contribution in [0.3, 0.4) is 0 Å². The van der Waals surface area contributed by atoms with Crippen LogP contribution in [-0.4, -0.2) is 25.5 Å². The predicted octanol–water partition coefficient (Wildman–Crippen LogP) is 3.50. The van der Waals surface area contributed by atoms with Crippen molar-refractivity contribution >= 4 is 0 Å². The minimum atomic E-state index is 1.11. The third-order valence-electron chi connectivity index (χ3n) is 2.36. The molecule has 0 aromatic heterocycles. The highest BCUT2D eigenvalue weighted by atomic mass is 15.0. The normalized spacial score (nSPS) is 11.1. The Morgan fingerprint density at radius 2 is 1.23 bits per heavy atom. The van der Waals surface area contributed by atoms with E-state index in [1.54, 1.807) is 0 Å². The van der Waals surface area contributed by atoms with Crippen molar-refractivity contribution in [2.24, 2.45) is 0 Å². The van der Waals surface area contributed by atoms with Crippen LogP contribution in [0.2, 0.25) is 0 Å². The Kier molecular flexibility index (Phi) is 10.0. The van der Waals surface area contributed by atoms with Crippen LogP contribution in [0.5, 0.6) is 0 Å². The van der Waals surface area contributed by atoms with Gasteiger partial charge in [-0.3, -0.25) is 0 Å². The van der Waals surface area contributed by atoms with Crippen molar-refractivity contribution in [3.63, 3.8) is 0 Å². The third kappa shape index (κ3) is 12.0. The molecule has 0 fully saturated rings. The Morgan fingerprint density at radius 1 is 0.769 bits per heavy atom. The first-order valence-electron chi connectivity index (χ1n) is 5.71. The number of unbranched alkanes of at least 4 members (excludes halogenated alkanes) is 7. The molecule has 0 saturated carbocycles. The number of hydrogen-bond donors (Lipinski definition) is 0. The summed E-state index contributed by atoms with van der Waals surface area (Å²) >= 11 is 0. The second-order valence-electron chi connectivity index (χ2n) is 4.13. The average Bonchev–Trinajstić information content (AvgIpc) is 2.09. The van der Waals surface area contributed by atoms with E-state index in [0.717, 1.165) is 6.42 Å². The molecule has 0 aromatic rings. The van der Waals surface area contributed by atoms with E-state index < -0.39 is 0 Å². The zero-order chi connectivity index (χ0) is 9.94. The third-order valence-corrected chi connectivity index (χ3v) is 2.36. The molecule has 0 atom stereocenters. The van der Waals surface area contributed by atoms with Crippen LogP contribution in [0.1, 0.15) is 51.4 Å². The van der Waals surface area contributed by atoms with E-state index in [9.17, 15) is 0 Å². The lowest BCUT2D eigenvalue weighted by Gasteiger charge is -2.08. The summed E-state index contributed by atoms with van der Waals surface area (Å²) in [7, 11) is 4.29. The van der Waals surface area contributed by atoms with Gasteiger partial charge in [-0.15, -0.1) is 0 Å². The molecule has 0 aromatic carbocycles. The lowest BCUT2D eigenvalue weighted by molar-refractivity contribution is 0.389. The molecule has 0 aliphatic rings. The summed E-state index contributed by atoms with van der Waals surface area (Å²) in [4.78, 5) is 2.27. The van der Waals surface area contributed by atoms with E-state index >= 15 is 0 Å². The molecule has 0 N–H and O–H groups in total. The molecule has 0 heterocycles. The fourth-order valence-corrected chi connectivity index (χ4v) is 1.49. The molecule has 0 unspecified atom stereocenters. The van der Waals surface area contributed by atoms with E-state index in [1.807, 2.05) is 0 Å². The monoisotopic (exact) mass is 184 g/mol. The molecule has 0 rings (SSSR count). The van der Waals surface area contributed by atoms with Gasteiger partial charge in [-0.1, -0.05) is 51.9 Å². The highest BCUT2D eigenvalue weighted by molar-refractivity contribution is 4.49. The number of nitrogens with zero attached hydrogens (tertiary/aromatic N) is 1. The minimum Gasteiger partial charge on any atom is -0.309 e. The highest BCUT2D eigenvalue weighted by Crippen LogP contribution is 2.08. The summed E-state index contributed by atoms with van der Waals surface area (Å²) in [5.41, 5.74) is 0. The van der Waals surface area contributed by atoms with Gasteiger partial charge >= 0.3 is 0 Å². The molecule has 79 valence electrons. The van der Waals surface area contributed by atoms with Crippen LogP contribution in [0, 0.1) is 6.92 Å². The lowest BCUT2D eigenvalue weighted by Crippen LogP contribution is -2.12. The van der Waals surface area contributed by atoms with Gasteiger partial charge in [-0.2, -0.15) is 0 Å². The van der Waals surface area contributed by atoms with Crippen molar-refractivity contribution in [2.75, 3.05) is 20.6 Å². The fraction of sp³-hybridized carbons (Fsp3) is 0.917. The average molecular weight is 184 g/mol. The highest BCUT2D eigenvalue weighted by Gasteiger charge is 1.92. The van der Waals surface area contributed by atoms with E-state index in [1.165, 1.54) is 51.5 Å². The Labute approximate surface area is 84.5 Å². The molecule has 0 amide bonds. The van der Waals surface area contributed by atoms with E-state index in [2.05, 4.69) is 25.9 Å². The van der Waals surface area contributed by atoms with Crippen LogP contribution < -0.4 is 0 Å². The Balaban J connectivity index is 2.84. The van der Waals surface area contributed by atoms with Crippen molar-refractivity contribution in [1.29, 1.82) is 0 Å². The van der Waals surface area contributed by atoms with Crippen molar-refractivity contribution in [3.05, 3.63) is 6.92 Å². The number of hydrogen-bond acceptors (Lipinski definition) is 1. The smallest absolute Gasteiger partial charge is 0.00248 e. The van der Waals surface area contributed by atoms with Gasteiger partial charge in [0.05, 0.1) is 0 Å². The Hall–Kier alpha value is -0.0400. The molecule has 1 nitrogen and oxygen atoms in total. The zero-order valence-electron chi connectivity index (χ0n) is 9.52. The van der Waals surface area contributed by atoms with Gasteiger partial charge in [0.15, 0.2) is 0 Å². The first-order chi connectivity index (χ1) is 6.27. The second kappa shape index (κ2) is 10.0. The fourth-order valence-electron chi connectivity index (χ4n) is 1.49. The molecule has 0 spiro atoms. The summed E-state index contributed by atoms with van der Waals surface area (Å²) in [6.45, 7) is 5.10. The molecule has 1 heteroatoms. The zero-order valence-corrected chi connectivity index (χ0v) is 9.52. The maximum atomic E-state index is 3.85. The Bertz CT molecular complexity index is 89.1. The van der Waals surface area contributed by atoms with Crippen molar-refractivity contribution in [1.82, 2.24) is 4.90 Å². The first kappa shape index (κ1) is 13.0. The quantitative estimate of drug-likeness (QED) is 0.496.